The number of carbonyl (C=O) groups excluding carboxylic acids is 1. The fourth-order valence-corrected chi connectivity index (χ4v) is 1.68. The highest BCUT2D eigenvalue weighted by Crippen LogP contribution is 2.19. The van der Waals surface area contributed by atoms with Gasteiger partial charge in [-0.2, -0.15) is 0 Å². The molecule has 0 saturated carbocycles. The highest BCUT2D eigenvalue weighted by atomic mass is 16.8. The maximum Gasteiger partial charge on any atom is 0.373 e. The molecule has 0 fully saturated rings. The van der Waals surface area contributed by atoms with Crippen molar-refractivity contribution in [3.05, 3.63) is 71.8 Å². The van der Waals surface area contributed by atoms with Crippen molar-refractivity contribution in [2.24, 2.45) is 5.16 Å². The Morgan fingerprint density at radius 3 is 2.10 bits per heavy atom. The quantitative estimate of drug-likeness (QED) is 0.381. The van der Waals surface area contributed by atoms with Gasteiger partial charge in [0.2, 0.25) is 5.78 Å². The molecular weight excluding hydrogens is 270 g/mol. The summed E-state index contributed by atoms with van der Waals surface area (Å²) >= 11 is 0. The second-order valence-corrected chi connectivity index (χ2v) is 4.44. The number of hydrogen-bond donors (Lipinski definition) is 2. The minimum atomic E-state index is -2.58. The molecule has 108 valence electrons. The number of benzene rings is 2. The number of aliphatic hydroxyl groups is 2. The third-order valence-electron chi connectivity index (χ3n) is 2.82. The normalized spacial score (nSPS) is 12.0. The van der Waals surface area contributed by atoms with Crippen LogP contribution in [-0.2, 0) is 10.8 Å². The van der Waals surface area contributed by atoms with Crippen LogP contribution in [-0.4, -0.2) is 21.7 Å². The molecule has 0 aliphatic heterocycles. The zero-order chi connectivity index (χ0) is 15.3. The van der Waals surface area contributed by atoms with Gasteiger partial charge in [-0.15, -0.1) is 0 Å². The first-order valence-corrected chi connectivity index (χ1v) is 6.33. The van der Waals surface area contributed by atoms with E-state index in [4.69, 9.17) is 4.84 Å². The van der Waals surface area contributed by atoms with Crippen LogP contribution in [0.1, 0.15) is 22.8 Å². The molecule has 0 spiro atoms. The second kappa shape index (κ2) is 6.30. The van der Waals surface area contributed by atoms with Gasteiger partial charge in [0.05, 0.1) is 5.56 Å². The summed E-state index contributed by atoms with van der Waals surface area (Å²) in [5, 5.41) is 23.1. The van der Waals surface area contributed by atoms with Gasteiger partial charge in [-0.1, -0.05) is 53.7 Å². The number of rotatable bonds is 5. The Morgan fingerprint density at radius 1 is 1.00 bits per heavy atom. The van der Waals surface area contributed by atoms with Gasteiger partial charge in [0.25, 0.3) is 0 Å². The van der Waals surface area contributed by atoms with Crippen molar-refractivity contribution >= 4 is 11.5 Å². The molecule has 0 saturated heterocycles. The van der Waals surface area contributed by atoms with Gasteiger partial charge in [0.1, 0.15) is 5.71 Å². The molecule has 5 heteroatoms. The SMILES string of the molecule is CC(=NOC(O)(O)c1ccccc1)C(=O)c1ccccc1. The molecule has 0 aromatic heterocycles. The summed E-state index contributed by atoms with van der Waals surface area (Å²) in [4.78, 5) is 16.7. The van der Waals surface area contributed by atoms with Crippen LogP contribution in [0.3, 0.4) is 0 Å². The van der Waals surface area contributed by atoms with Crippen molar-refractivity contribution in [1.82, 2.24) is 0 Å². The Kier molecular flexibility index (Phi) is 4.47. The maximum absolute atomic E-state index is 12.0. The van der Waals surface area contributed by atoms with Gasteiger partial charge >= 0.3 is 5.97 Å². The summed E-state index contributed by atoms with van der Waals surface area (Å²) in [6.45, 7) is 1.44. The van der Waals surface area contributed by atoms with Crippen LogP contribution in [0.15, 0.2) is 65.8 Å². The molecule has 21 heavy (non-hydrogen) atoms. The number of oxime groups is 1. The van der Waals surface area contributed by atoms with Crippen LogP contribution in [0, 0.1) is 0 Å². The maximum atomic E-state index is 12.0. The zero-order valence-corrected chi connectivity index (χ0v) is 11.4. The van der Waals surface area contributed by atoms with Gasteiger partial charge in [-0.25, -0.2) is 0 Å². The number of carbonyl (C=O) groups is 1. The van der Waals surface area contributed by atoms with Crippen LogP contribution >= 0.6 is 0 Å². The fourth-order valence-electron chi connectivity index (χ4n) is 1.68. The van der Waals surface area contributed by atoms with E-state index in [-0.39, 0.29) is 17.1 Å². The highest BCUT2D eigenvalue weighted by Gasteiger charge is 2.28. The molecule has 0 radical (unpaired) electrons. The first-order chi connectivity index (χ1) is 10.0. The van der Waals surface area contributed by atoms with Gasteiger partial charge in [-0.05, 0) is 19.1 Å². The molecule has 0 aliphatic rings. The van der Waals surface area contributed by atoms with Gasteiger partial charge in [-0.3, -0.25) is 4.79 Å². The summed E-state index contributed by atoms with van der Waals surface area (Å²) in [5.41, 5.74) is 0.585. The highest BCUT2D eigenvalue weighted by molar-refractivity contribution is 6.45. The zero-order valence-electron chi connectivity index (χ0n) is 11.4. The molecule has 0 heterocycles. The van der Waals surface area contributed by atoms with Crippen molar-refractivity contribution in [3.8, 4) is 0 Å². The second-order valence-electron chi connectivity index (χ2n) is 4.44. The molecule has 0 atom stereocenters. The van der Waals surface area contributed by atoms with Gasteiger partial charge < -0.3 is 15.1 Å². The van der Waals surface area contributed by atoms with E-state index in [1.54, 1.807) is 48.5 Å². The molecule has 2 aromatic carbocycles. The van der Waals surface area contributed by atoms with Crippen LogP contribution in [0.5, 0.6) is 0 Å². The number of ketones is 1. The van der Waals surface area contributed by atoms with Crippen LogP contribution in [0.25, 0.3) is 0 Å². The summed E-state index contributed by atoms with van der Waals surface area (Å²) in [6, 6.07) is 16.5. The topological polar surface area (TPSA) is 79.1 Å². The average molecular weight is 285 g/mol. The smallest absolute Gasteiger partial charge is 0.328 e. The molecule has 0 amide bonds. The largest absolute Gasteiger partial charge is 0.373 e. The molecule has 0 bridgehead atoms. The lowest BCUT2D eigenvalue weighted by Gasteiger charge is -2.18. The molecule has 2 aromatic rings. The average Bonchev–Trinajstić information content (AvgIpc) is 2.53. The predicted molar refractivity (Wildman–Crippen MR) is 77.5 cm³/mol. The molecule has 2 rings (SSSR count). The predicted octanol–water partition coefficient (Wildman–Crippen LogP) is 2.06. The minimum Gasteiger partial charge on any atom is -0.328 e. The third kappa shape index (κ3) is 3.75. The Balaban J connectivity index is 2.12. The van der Waals surface area contributed by atoms with E-state index in [1.807, 2.05) is 0 Å². The number of hydrogen-bond acceptors (Lipinski definition) is 5. The molecule has 0 unspecified atom stereocenters. The lowest BCUT2D eigenvalue weighted by molar-refractivity contribution is -0.351. The van der Waals surface area contributed by atoms with Crippen molar-refractivity contribution in [1.29, 1.82) is 0 Å². The van der Waals surface area contributed by atoms with Gasteiger partial charge in [0.15, 0.2) is 0 Å². The van der Waals surface area contributed by atoms with Crippen LogP contribution in [0.4, 0.5) is 0 Å². The van der Waals surface area contributed by atoms with Crippen molar-refractivity contribution in [2.45, 2.75) is 12.9 Å². The van der Waals surface area contributed by atoms with Crippen LogP contribution in [0.2, 0.25) is 0 Å². The van der Waals surface area contributed by atoms with E-state index >= 15 is 0 Å². The summed E-state index contributed by atoms with van der Waals surface area (Å²) < 4.78 is 0. The van der Waals surface area contributed by atoms with E-state index in [2.05, 4.69) is 5.16 Å². The van der Waals surface area contributed by atoms with Crippen LogP contribution < -0.4 is 0 Å². The lowest BCUT2D eigenvalue weighted by atomic mass is 10.1. The Hall–Kier alpha value is -2.50. The minimum absolute atomic E-state index is 0.0182. The molecular formula is C16H15NO4. The first kappa shape index (κ1) is 14.9. The standard InChI is InChI=1S/C16H15NO4/c1-12(15(18)13-8-4-2-5-9-13)17-21-16(19,20)14-10-6-3-7-11-14/h2-11,19-20H,1H3. The van der Waals surface area contributed by atoms with Gasteiger partial charge in [0, 0.05) is 5.56 Å². The number of nitrogens with zero attached hydrogens (tertiary/aromatic N) is 1. The lowest BCUT2D eigenvalue weighted by Crippen LogP contribution is -2.27. The Morgan fingerprint density at radius 2 is 1.52 bits per heavy atom. The van der Waals surface area contributed by atoms with E-state index in [1.165, 1.54) is 19.1 Å². The Labute approximate surface area is 122 Å². The summed E-state index contributed by atoms with van der Waals surface area (Å²) in [5.74, 6) is -2.93. The monoisotopic (exact) mass is 285 g/mol. The summed E-state index contributed by atoms with van der Waals surface area (Å²) in [7, 11) is 0. The van der Waals surface area contributed by atoms with E-state index in [0.717, 1.165) is 0 Å². The van der Waals surface area contributed by atoms with Crippen molar-refractivity contribution < 1.29 is 19.8 Å². The Bertz CT molecular complexity index is 636. The van der Waals surface area contributed by atoms with Crippen molar-refractivity contribution in [2.75, 3.05) is 0 Å². The summed E-state index contributed by atoms with van der Waals surface area (Å²) in [6.07, 6.45) is 0. The molecule has 0 aliphatic carbocycles. The fraction of sp³-hybridized carbons (Fsp3) is 0.125. The molecule has 2 N–H and O–H groups in total. The molecule has 5 nitrogen and oxygen atoms in total. The third-order valence-corrected chi connectivity index (χ3v) is 2.82. The van der Waals surface area contributed by atoms with Crippen molar-refractivity contribution in [3.63, 3.8) is 0 Å². The number of Topliss-reactive ketones (excluding diaryl/α,β-unsaturated/α-hetero) is 1. The first-order valence-electron chi connectivity index (χ1n) is 6.33. The van der Waals surface area contributed by atoms with E-state index in [9.17, 15) is 15.0 Å². The van der Waals surface area contributed by atoms with E-state index < -0.39 is 5.97 Å². The van der Waals surface area contributed by atoms with E-state index in [0.29, 0.717) is 5.56 Å².